The number of ether oxygens (including phenoxy) is 3. The first-order valence-electron chi connectivity index (χ1n) is 10.7. The van der Waals surface area contributed by atoms with Crippen molar-refractivity contribution in [1.29, 1.82) is 0 Å². The minimum absolute atomic E-state index is 0.0965. The van der Waals surface area contributed by atoms with Crippen LogP contribution in [0.25, 0.3) is 11.0 Å². The molecule has 168 valence electrons. The summed E-state index contributed by atoms with van der Waals surface area (Å²) in [6.07, 6.45) is 1.35. The monoisotopic (exact) mass is 463 g/mol. The van der Waals surface area contributed by atoms with Crippen LogP contribution in [0.4, 0.5) is 0 Å². The molecule has 6 nitrogen and oxygen atoms in total. The molecule has 0 amide bonds. The van der Waals surface area contributed by atoms with E-state index in [1.807, 2.05) is 43.3 Å². The molecule has 7 heteroatoms. The average Bonchev–Trinajstić information content (AvgIpc) is 2.83. The highest BCUT2D eigenvalue weighted by Crippen LogP contribution is 2.35. The average molecular weight is 464 g/mol. The van der Waals surface area contributed by atoms with Crippen molar-refractivity contribution in [2.75, 3.05) is 13.3 Å². The van der Waals surface area contributed by atoms with Gasteiger partial charge in [-0.25, -0.2) is 0 Å². The van der Waals surface area contributed by atoms with E-state index in [1.54, 1.807) is 24.3 Å². The van der Waals surface area contributed by atoms with E-state index in [2.05, 4.69) is 4.90 Å². The van der Waals surface area contributed by atoms with Gasteiger partial charge < -0.3 is 18.6 Å². The maximum Gasteiger partial charge on any atom is 0.235 e. The predicted molar refractivity (Wildman–Crippen MR) is 126 cm³/mol. The number of fused-ring (bicyclic) bond motifs is 3. The summed E-state index contributed by atoms with van der Waals surface area (Å²) in [7, 11) is 0. The molecule has 0 radical (unpaired) electrons. The Morgan fingerprint density at radius 3 is 2.61 bits per heavy atom. The molecule has 0 bridgehead atoms. The number of para-hydroxylation sites is 2. The fraction of sp³-hybridized carbons (Fsp3) is 0.192. The molecule has 0 saturated carbocycles. The maximum atomic E-state index is 13.2. The van der Waals surface area contributed by atoms with E-state index in [4.69, 9.17) is 30.2 Å². The Balaban J connectivity index is 1.46. The second kappa shape index (κ2) is 9.17. The molecule has 0 unspecified atom stereocenters. The van der Waals surface area contributed by atoms with Crippen molar-refractivity contribution in [1.82, 2.24) is 4.90 Å². The number of benzene rings is 3. The summed E-state index contributed by atoms with van der Waals surface area (Å²) < 4.78 is 23.3. The summed E-state index contributed by atoms with van der Waals surface area (Å²) >= 11 is 6.32. The summed E-state index contributed by atoms with van der Waals surface area (Å²) in [6.45, 7) is 3.98. The molecule has 33 heavy (non-hydrogen) atoms. The van der Waals surface area contributed by atoms with Crippen LogP contribution in [0.5, 0.6) is 23.0 Å². The third-order valence-electron chi connectivity index (χ3n) is 5.47. The summed E-state index contributed by atoms with van der Waals surface area (Å²) in [5.74, 6) is 1.82. The minimum atomic E-state index is -0.256. The van der Waals surface area contributed by atoms with E-state index in [0.29, 0.717) is 59.7 Å². The number of rotatable bonds is 6. The summed E-state index contributed by atoms with van der Waals surface area (Å²) in [4.78, 5) is 15.3. The highest BCUT2D eigenvalue weighted by molar-refractivity contribution is 6.31. The lowest BCUT2D eigenvalue weighted by Gasteiger charge is -2.29. The predicted octanol–water partition coefficient (Wildman–Crippen LogP) is 5.99. The van der Waals surface area contributed by atoms with Crippen LogP contribution >= 0.6 is 11.6 Å². The molecule has 0 atom stereocenters. The molecule has 0 N–H and O–H groups in total. The Bertz CT molecular complexity index is 1370. The van der Waals surface area contributed by atoms with Crippen molar-refractivity contribution in [3.63, 3.8) is 0 Å². The van der Waals surface area contributed by atoms with E-state index >= 15 is 0 Å². The van der Waals surface area contributed by atoms with E-state index in [-0.39, 0.29) is 11.2 Å². The van der Waals surface area contributed by atoms with Gasteiger partial charge in [0.15, 0.2) is 11.5 Å². The van der Waals surface area contributed by atoms with Crippen LogP contribution < -0.4 is 19.6 Å². The number of nitrogens with zero attached hydrogens (tertiary/aromatic N) is 1. The normalized spacial score (nSPS) is 13.4. The van der Waals surface area contributed by atoms with Crippen molar-refractivity contribution >= 4 is 22.6 Å². The molecule has 4 aromatic rings. The van der Waals surface area contributed by atoms with Crippen LogP contribution in [0.3, 0.4) is 0 Å². The van der Waals surface area contributed by atoms with Crippen molar-refractivity contribution in [3.8, 4) is 23.0 Å². The Morgan fingerprint density at radius 1 is 1.00 bits per heavy atom. The zero-order valence-electron chi connectivity index (χ0n) is 18.0. The van der Waals surface area contributed by atoms with E-state index in [1.165, 1.54) is 6.26 Å². The van der Waals surface area contributed by atoms with Crippen LogP contribution in [-0.4, -0.2) is 18.2 Å². The molecule has 1 aromatic heterocycles. The fourth-order valence-corrected chi connectivity index (χ4v) is 4.10. The first-order valence-corrected chi connectivity index (χ1v) is 11.1. The smallest absolute Gasteiger partial charge is 0.235 e. The fourth-order valence-electron chi connectivity index (χ4n) is 3.90. The van der Waals surface area contributed by atoms with E-state index in [0.717, 1.165) is 11.1 Å². The van der Waals surface area contributed by atoms with Gasteiger partial charge in [-0.1, -0.05) is 41.9 Å². The van der Waals surface area contributed by atoms with Crippen molar-refractivity contribution in [3.05, 3.63) is 93.3 Å². The number of hydrogen-bond donors (Lipinski definition) is 0. The second-order valence-electron chi connectivity index (χ2n) is 7.68. The van der Waals surface area contributed by atoms with Gasteiger partial charge in [-0.2, -0.15) is 0 Å². The third-order valence-corrected chi connectivity index (χ3v) is 5.84. The lowest BCUT2D eigenvalue weighted by atomic mass is 10.1. The minimum Gasteiger partial charge on any atom is -0.490 e. The van der Waals surface area contributed by atoms with Crippen LogP contribution in [0.1, 0.15) is 18.1 Å². The Hall–Kier alpha value is -3.48. The van der Waals surface area contributed by atoms with Crippen molar-refractivity contribution < 1.29 is 18.6 Å². The molecular formula is C26H22ClNO5. The first-order chi connectivity index (χ1) is 16.1. The Kier molecular flexibility index (Phi) is 5.94. The van der Waals surface area contributed by atoms with Crippen LogP contribution in [0.15, 0.2) is 76.1 Å². The highest BCUT2D eigenvalue weighted by atomic mass is 35.5. The van der Waals surface area contributed by atoms with E-state index < -0.39 is 0 Å². The van der Waals surface area contributed by atoms with Crippen LogP contribution in [-0.2, 0) is 13.1 Å². The third kappa shape index (κ3) is 4.27. The number of hydrogen-bond acceptors (Lipinski definition) is 6. The van der Waals surface area contributed by atoms with Crippen molar-refractivity contribution in [2.45, 2.75) is 20.0 Å². The maximum absolute atomic E-state index is 13.2. The largest absolute Gasteiger partial charge is 0.490 e. The highest BCUT2D eigenvalue weighted by Gasteiger charge is 2.23. The zero-order valence-corrected chi connectivity index (χ0v) is 18.8. The topological polar surface area (TPSA) is 61.1 Å². The molecule has 0 saturated heterocycles. The van der Waals surface area contributed by atoms with Crippen molar-refractivity contribution in [2.24, 2.45) is 0 Å². The van der Waals surface area contributed by atoms with Gasteiger partial charge >= 0.3 is 0 Å². The van der Waals surface area contributed by atoms with Gasteiger partial charge in [0.1, 0.15) is 24.3 Å². The molecule has 0 spiro atoms. The lowest BCUT2D eigenvalue weighted by Crippen LogP contribution is -2.31. The van der Waals surface area contributed by atoms with Crippen LogP contribution in [0, 0.1) is 0 Å². The Labute approximate surface area is 195 Å². The molecule has 3 aromatic carbocycles. The summed E-state index contributed by atoms with van der Waals surface area (Å²) in [5.41, 5.74) is 2.07. The quantitative estimate of drug-likeness (QED) is 0.350. The lowest BCUT2D eigenvalue weighted by molar-refractivity contribution is 0.0890. The molecule has 1 aliphatic rings. The summed E-state index contributed by atoms with van der Waals surface area (Å²) in [6, 6.07) is 18.5. The molecule has 1 aliphatic heterocycles. The van der Waals surface area contributed by atoms with Gasteiger partial charge in [-0.3, -0.25) is 9.69 Å². The van der Waals surface area contributed by atoms with Crippen LogP contribution in [0.2, 0.25) is 5.02 Å². The standard InChI is InChI=1S/C26H22ClNO5/c1-2-30-22-9-5-6-10-23(22)33-24-15-31-26-18(25(24)29)11-12-21-19(26)14-28(16-32-21)13-17-7-3-4-8-20(17)27/h3-12,15H,2,13-14,16H2,1H3. The number of halogens is 1. The van der Waals surface area contributed by atoms with Gasteiger partial charge in [0.25, 0.3) is 0 Å². The first kappa shape index (κ1) is 21.4. The molecule has 0 fully saturated rings. The Morgan fingerprint density at radius 2 is 1.79 bits per heavy atom. The van der Waals surface area contributed by atoms with Gasteiger partial charge in [-0.05, 0) is 42.8 Å². The van der Waals surface area contributed by atoms with Gasteiger partial charge in [0.2, 0.25) is 11.2 Å². The molecule has 0 aliphatic carbocycles. The van der Waals surface area contributed by atoms with Gasteiger partial charge in [0.05, 0.1) is 17.6 Å². The summed E-state index contributed by atoms with van der Waals surface area (Å²) in [5, 5.41) is 1.14. The SMILES string of the molecule is CCOc1ccccc1Oc1coc2c3c(ccc2c1=O)OCN(Cc1ccccc1Cl)C3. The molecule has 5 rings (SSSR count). The van der Waals surface area contributed by atoms with Gasteiger partial charge in [0, 0.05) is 18.1 Å². The zero-order chi connectivity index (χ0) is 22.8. The molecule has 2 heterocycles. The molecular weight excluding hydrogens is 442 g/mol. The second-order valence-corrected chi connectivity index (χ2v) is 8.09. The van der Waals surface area contributed by atoms with E-state index in [9.17, 15) is 4.79 Å². The van der Waals surface area contributed by atoms with Gasteiger partial charge in [-0.15, -0.1) is 0 Å².